The van der Waals surface area contributed by atoms with Crippen molar-refractivity contribution in [3.63, 3.8) is 0 Å². The highest BCUT2D eigenvalue weighted by atomic mass is 32.1. The Morgan fingerprint density at radius 1 is 1.31 bits per heavy atom. The molecule has 2 heterocycles. The van der Waals surface area contributed by atoms with E-state index in [4.69, 9.17) is 0 Å². The van der Waals surface area contributed by atoms with Crippen LogP contribution < -0.4 is 10.6 Å². The monoisotopic (exact) mass is 372 g/mol. The van der Waals surface area contributed by atoms with Gasteiger partial charge < -0.3 is 10.6 Å². The van der Waals surface area contributed by atoms with Crippen molar-refractivity contribution in [2.24, 2.45) is 0 Å². The number of hydrogen-bond acceptors (Lipinski definition) is 5. The molecule has 1 saturated heterocycles. The summed E-state index contributed by atoms with van der Waals surface area (Å²) in [6.07, 6.45) is 0. The molecule has 3 rings (SSSR count). The molecule has 4 amide bonds. The molecule has 1 aliphatic heterocycles. The first-order valence-electron chi connectivity index (χ1n) is 8.38. The second-order valence-corrected chi connectivity index (χ2v) is 7.13. The summed E-state index contributed by atoms with van der Waals surface area (Å²) in [5.41, 5.74) is 2.55. The van der Waals surface area contributed by atoms with Crippen LogP contribution in [0.3, 0.4) is 0 Å². The molecule has 0 spiro atoms. The van der Waals surface area contributed by atoms with E-state index in [-0.39, 0.29) is 31.4 Å². The van der Waals surface area contributed by atoms with Crippen molar-refractivity contribution in [2.75, 3.05) is 19.6 Å². The van der Waals surface area contributed by atoms with Crippen LogP contribution >= 0.6 is 11.3 Å². The average Bonchev–Trinajstić information content (AvgIpc) is 3.24. The van der Waals surface area contributed by atoms with E-state index in [1.54, 1.807) is 5.38 Å². The van der Waals surface area contributed by atoms with E-state index in [0.717, 1.165) is 15.5 Å². The third kappa shape index (κ3) is 3.91. The maximum atomic E-state index is 12.2. The Bertz CT molecular complexity index is 813. The summed E-state index contributed by atoms with van der Waals surface area (Å²) in [6, 6.07) is 7.73. The Hall–Kier alpha value is -2.74. The van der Waals surface area contributed by atoms with Gasteiger partial charge in [-0.25, -0.2) is 9.78 Å². The van der Waals surface area contributed by atoms with E-state index in [1.807, 2.05) is 12.1 Å². The molecule has 26 heavy (non-hydrogen) atoms. The molecule has 8 heteroatoms. The summed E-state index contributed by atoms with van der Waals surface area (Å²) in [6.45, 7) is 4.62. The van der Waals surface area contributed by atoms with Crippen LogP contribution in [0.4, 0.5) is 4.79 Å². The van der Waals surface area contributed by atoms with Crippen molar-refractivity contribution in [1.29, 1.82) is 0 Å². The third-order valence-electron chi connectivity index (χ3n) is 4.12. The normalized spacial score (nSPS) is 14.0. The van der Waals surface area contributed by atoms with Crippen LogP contribution in [-0.2, 0) is 4.79 Å². The van der Waals surface area contributed by atoms with Crippen molar-refractivity contribution < 1.29 is 14.4 Å². The van der Waals surface area contributed by atoms with Crippen molar-refractivity contribution in [1.82, 2.24) is 20.5 Å². The topological polar surface area (TPSA) is 91.4 Å². The quantitative estimate of drug-likeness (QED) is 0.761. The number of nitrogens with zero attached hydrogens (tertiary/aromatic N) is 2. The van der Waals surface area contributed by atoms with E-state index in [9.17, 15) is 14.4 Å². The lowest BCUT2D eigenvalue weighted by molar-refractivity contribution is -0.124. The molecule has 1 aromatic carbocycles. The highest BCUT2D eigenvalue weighted by Crippen LogP contribution is 2.25. The maximum absolute atomic E-state index is 12.2. The number of carbonyl (C=O) groups excluding carboxylic acids is 3. The molecule has 1 fully saturated rings. The highest BCUT2D eigenvalue weighted by molar-refractivity contribution is 7.13. The fourth-order valence-corrected chi connectivity index (χ4v) is 3.38. The van der Waals surface area contributed by atoms with Crippen molar-refractivity contribution in [3.8, 4) is 10.6 Å². The SMILES string of the molecule is CC(C)c1ccc(-c2nc(C(=O)NCCN3C(=O)CNC3=O)cs2)cc1. The van der Waals surface area contributed by atoms with E-state index in [2.05, 4.69) is 41.6 Å². The molecular formula is C18H20N4O3S. The van der Waals surface area contributed by atoms with Gasteiger partial charge in [-0.1, -0.05) is 38.1 Å². The molecule has 0 atom stereocenters. The highest BCUT2D eigenvalue weighted by Gasteiger charge is 2.27. The number of thiazole rings is 1. The lowest BCUT2D eigenvalue weighted by Crippen LogP contribution is -2.38. The molecule has 1 aromatic heterocycles. The molecule has 1 aliphatic rings. The second kappa shape index (κ2) is 7.65. The molecule has 0 unspecified atom stereocenters. The van der Waals surface area contributed by atoms with Gasteiger partial charge in [-0.15, -0.1) is 11.3 Å². The zero-order valence-electron chi connectivity index (χ0n) is 14.6. The zero-order chi connectivity index (χ0) is 18.7. The molecule has 2 N–H and O–H groups in total. The van der Waals surface area contributed by atoms with Gasteiger partial charge in [0.05, 0.1) is 6.54 Å². The lowest BCUT2D eigenvalue weighted by atomic mass is 10.0. The van der Waals surface area contributed by atoms with E-state index < -0.39 is 6.03 Å². The van der Waals surface area contributed by atoms with Gasteiger partial charge in [0, 0.05) is 24.0 Å². The number of nitrogens with one attached hydrogen (secondary N) is 2. The molecule has 7 nitrogen and oxygen atoms in total. The predicted octanol–water partition coefficient (Wildman–Crippen LogP) is 2.22. The summed E-state index contributed by atoms with van der Waals surface area (Å²) in [5.74, 6) is -0.144. The number of rotatable bonds is 6. The summed E-state index contributed by atoms with van der Waals surface area (Å²) in [4.78, 5) is 40.6. The molecule has 0 bridgehead atoms. The third-order valence-corrected chi connectivity index (χ3v) is 5.01. The van der Waals surface area contributed by atoms with Gasteiger partial charge in [-0.2, -0.15) is 0 Å². The Morgan fingerprint density at radius 3 is 2.65 bits per heavy atom. The van der Waals surface area contributed by atoms with Gasteiger partial charge >= 0.3 is 6.03 Å². The predicted molar refractivity (Wildman–Crippen MR) is 99.1 cm³/mol. The first-order valence-corrected chi connectivity index (χ1v) is 9.26. The number of benzene rings is 1. The average molecular weight is 372 g/mol. The van der Waals surface area contributed by atoms with E-state index in [1.165, 1.54) is 16.9 Å². The molecule has 0 aliphatic carbocycles. The van der Waals surface area contributed by atoms with Crippen LogP contribution in [0.15, 0.2) is 29.6 Å². The molecule has 0 saturated carbocycles. The molecule has 2 aromatic rings. The minimum Gasteiger partial charge on any atom is -0.349 e. The fraction of sp³-hybridized carbons (Fsp3) is 0.333. The van der Waals surface area contributed by atoms with Crippen LogP contribution in [0.5, 0.6) is 0 Å². The van der Waals surface area contributed by atoms with Crippen molar-refractivity contribution in [3.05, 3.63) is 40.9 Å². The molecule has 0 radical (unpaired) electrons. The number of urea groups is 1. The molecular weight excluding hydrogens is 352 g/mol. The van der Waals surface area contributed by atoms with Crippen molar-refractivity contribution in [2.45, 2.75) is 19.8 Å². The van der Waals surface area contributed by atoms with Gasteiger partial charge in [0.25, 0.3) is 5.91 Å². The number of aromatic nitrogens is 1. The Morgan fingerprint density at radius 2 is 2.04 bits per heavy atom. The first-order chi connectivity index (χ1) is 12.5. The van der Waals surface area contributed by atoms with Crippen LogP contribution in [0, 0.1) is 0 Å². The minimum atomic E-state index is -0.426. The van der Waals surface area contributed by atoms with Crippen LogP contribution in [0.2, 0.25) is 0 Å². The van der Waals surface area contributed by atoms with Crippen LogP contribution in [0.1, 0.15) is 35.8 Å². The molecule has 136 valence electrons. The number of amides is 4. The van der Waals surface area contributed by atoms with Gasteiger partial charge in [0.15, 0.2) is 0 Å². The number of imide groups is 1. The zero-order valence-corrected chi connectivity index (χ0v) is 15.4. The summed E-state index contributed by atoms with van der Waals surface area (Å²) in [7, 11) is 0. The van der Waals surface area contributed by atoms with Crippen LogP contribution in [0.25, 0.3) is 10.6 Å². The maximum Gasteiger partial charge on any atom is 0.324 e. The number of carbonyl (C=O) groups is 3. The van der Waals surface area contributed by atoms with Crippen molar-refractivity contribution >= 4 is 29.2 Å². The smallest absolute Gasteiger partial charge is 0.324 e. The summed E-state index contributed by atoms with van der Waals surface area (Å²) in [5, 5.41) is 7.60. The fourth-order valence-electron chi connectivity index (χ4n) is 2.57. The summed E-state index contributed by atoms with van der Waals surface area (Å²) < 4.78 is 0. The largest absolute Gasteiger partial charge is 0.349 e. The first kappa shape index (κ1) is 18.1. The van der Waals surface area contributed by atoms with Gasteiger partial charge in [-0.3, -0.25) is 14.5 Å². The minimum absolute atomic E-state index is 0.0117. The lowest BCUT2D eigenvalue weighted by Gasteiger charge is -2.12. The second-order valence-electron chi connectivity index (χ2n) is 6.27. The summed E-state index contributed by atoms with van der Waals surface area (Å²) >= 11 is 1.40. The Balaban J connectivity index is 1.57. The van der Waals surface area contributed by atoms with E-state index >= 15 is 0 Å². The Labute approximate surface area is 155 Å². The van der Waals surface area contributed by atoms with E-state index in [0.29, 0.717) is 11.6 Å². The van der Waals surface area contributed by atoms with Gasteiger partial charge in [0.2, 0.25) is 5.91 Å². The number of hydrogen-bond donors (Lipinski definition) is 2. The van der Waals surface area contributed by atoms with Crippen LogP contribution in [-0.4, -0.2) is 47.4 Å². The Kier molecular flexibility index (Phi) is 5.32. The standard InChI is InChI=1S/C18H20N4O3S/c1-11(2)12-3-5-13(6-4-12)17-21-14(10-26-17)16(24)19-7-8-22-15(23)9-20-18(22)25/h3-6,10-11H,7-9H2,1-2H3,(H,19,24)(H,20,25). The van der Waals surface area contributed by atoms with Gasteiger partial charge in [0.1, 0.15) is 10.7 Å². The van der Waals surface area contributed by atoms with Gasteiger partial charge in [-0.05, 0) is 11.5 Å².